The van der Waals surface area contributed by atoms with Crippen LogP contribution >= 0.6 is 0 Å². The van der Waals surface area contributed by atoms with Crippen LogP contribution in [0.5, 0.6) is 0 Å². The lowest BCUT2D eigenvalue weighted by Gasteiger charge is -2.18. The summed E-state index contributed by atoms with van der Waals surface area (Å²) in [5.41, 5.74) is 0. The first kappa shape index (κ1) is 65.8. The van der Waals surface area contributed by atoms with Crippen molar-refractivity contribution in [3.63, 3.8) is 0 Å². The van der Waals surface area contributed by atoms with Gasteiger partial charge in [-0.3, -0.25) is 14.4 Å². The summed E-state index contributed by atoms with van der Waals surface area (Å²) in [5, 5.41) is 0. The van der Waals surface area contributed by atoms with E-state index in [9.17, 15) is 14.4 Å². The molecule has 0 spiro atoms. The fourth-order valence-electron chi connectivity index (χ4n) is 8.35. The lowest BCUT2D eigenvalue weighted by Crippen LogP contribution is -2.30. The van der Waals surface area contributed by atoms with Crippen molar-refractivity contribution < 1.29 is 28.6 Å². The van der Waals surface area contributed by atoms with Crippen LogP contribution in [0.1, 0.15) is 290 Å². The number of rotatable bonds is 53. The van der Waals surface area contributed by atoms with E-state index in [1.54, 1.807) is 0 Å². The molecule has 6 heteroatoms. The second-order valence-corrected chi connectivity index (χ2v) is 19.5. The highest BCUT2D eigenvalue weighted by Crippen LogP contribution is 2.17. The molecule has 0 heterocycles. The monoisotopic (exact) mass is 963 g/mol. The van der Waals surface area contributed by atoms with Gasteiger partial charge >= 0.3 is 17.9 Å². The molecule has 0 amide bonds. The van der Waals surface area contributed by atoms with Crippen molar-refractivity contribution in [2.75, 3.05) is 13.2 Å². The zero-order chi connectivity index (χ0) is 50.0. The fourth-order valence-corrected chi connectivity index (χ4v) is 8.35. The number of carbonyl (C=O) groups excluding carboxylic acids is 3. The predicted octanol–water partition coefficient (Wildman–Crippen LogP) is 19.8. The van der Waals surface area contributed by atoms with E-state index in [-0.39, 0.29) is 37.5 Å². The summed E-state index contributed by atoms with van der Waals surface area (Å²) in [6, 6.07) is 0. The van der Waals surface area contributed by atoms with Crippen molar-refractivity contribution in [1.29, 1.82) is 0 Å². The Labute approximate surface area is 427 Å². The molecule has 0 fully saturated rings. The molecule has 0 N–H and O–H groups in total. The molecule has 0 saturated carbocycles. The zero-order valence-corrected chi connectivity index (χ0v) is 45.6. The number of allylic oxidation sites excluding steroid dienone is 12. The lowest BCUT2D eigenvalue weighted by molar-refractivity contribution is -0.166. The molecule has 0 saturated heterocycles. The molecule has 0 aromatic carbocycles. The summed E-state index contributed by atoms with van der Waals surface area (Å²) in [7, 11) is 0. The minimum atomic E-state index is -0.812. The van der Waals surface area contributed by atoms with Gasteiger partial charge in [0.15, 0.2) is 6.10 Å². The van der Waals surface area contributed by atoms with E-state index < -0.39 is 6.10 Å². The van der Waals surface area contributed by atoms with Gasteiger partial charge in [0.05, 0.1) is 0 Å². The number of unbranched alkanes of at least 4 members (excludes halogenated alkanes) is 30. The maximum Gasteiger partial charge on any atom is 0.306 e. The van der Waals surface area contributed by atoms with Gasteiger partial charge in [-0.15, -0.1) is 0 Å². The maximum absolute atomic E-state index is 12.8. The third-order valence-electron chi connectivity index (χ3n) is 12.7. The van der Waals surface area contributed by atoms with Crippen LogP contribution < -0.4 is 0 Å². The molecule has 0 aliphatic heterocycles. The number of esters is 3. The summed E-state index contributed by atoms with van der Waals surface area (Å²) in [5.74, 6) is -0.976. The van der Waals surface area contributed by atoms with Crippen LogP contribution in [0.25, 0.3) is 0 Å². The second-order valence-electron chi connectivity index (χ2n) is 19.5. The van der Waals surface area contributed by atoms with Crippen molar-refractivity contribution >= 4 is 17.9 Å². The number of hydrogen-bond donors (Lipinski definition) is 0. The van der Waals surface area contributed by atoms with Crippen molar-refractivity contribution in [2.45, 2.75) is 297 Å². The van der Waals surface area contributed by atoms with Crippen molar-refractivity contribution in [2.24, 2.45) is 0 Å². The largest absolute Gasteiger partial charge is 0.462 e. The first-order chi connectivity index (χ1) is 34.0. The molecule has 0 rings (SSSR count). The number of ether oxygens (including phenoxy) is 3. The van der Waals surface area contributed by atoms with Crippen LogP contribution in [-0.4, -0.2) is 37.2 Å². The van der Waals surface area contributed by atoms with E-state index in [4.69, 9.17) is 14.2 Å². The lowest BCUT2D eigenvalue weighted by atomic mass is 10.0. The molecule has 69 heavy (non-hydrogen) atoms. The predicted molar refractivity (Wildman–Crippen MR) is 298 cm³/mol. The Morgan fingerprint density at radius 3 is 0.855 bits per heavy atom. The first-order valence-corrected chi connectivity index (χ1v) is 29.4. The van der Waals surface area contributed by atoms with Gasteiger partial charge in [0.2, 0.25) is 0 Å². The topological polar surface area (TPSA) is 78.9 Å². The second kappa shape index (κ2) is 57.4. The molecular formula is C63H110O6. The molecule has 0 aliphatic rings. The minimum Gasteiger partial charge on any atom is -0.462 e. The normalized spacial score (nSPS) is 12.6. The fraction of sp³-hybridized carbons (Fsp3) is 0.762. The minimum absolute atomic E-state index is 0.102. The third kappa shape index (κ3) is 55.6. The molecule has 0 radical (unpaired) electrons. The van der Waals surface area contributed by atoms with Crippen molar-refractivity contribution in [3.05, 3.63) is 72.9 Å². The van der Waals surface area contributed by atoms with E-state index in [0.29, 0.717) is 19.3 Å². The van der Waals surface area contributed by atoms with Crippen LogP contribution in [0.3, 0.4) is 0 Å². The van der Waals surface area contributed by atoms with Gasteiger partial charge in [0, 0.05) is 19.3 Å². The standard InChI is InChI=1S/C63H110O6/c1-4-7-10-13-16-19-22-24-26-28-30-31-33-34-36-38-41-44-47-50-53-56-62(65)68-59-60(58-67-61(64)55-52-49-46-43-40-21-18-15-12-9-6-3)69-63(66)57-54-51-48-45-42-39-37-35-32-29-27-25-23-20-17-14-11-8-5-2/h8,11,17,20,25,27,32,35,39,42,48,51,60H,4-7,9-10,12-16,18-19,21-24,26,28-31,33-34,36-38,40-41,43-47,49-50,52-59H2,1-3H3/b11-8-,20-17-,27-25-,35-32-,42-39-,51-48-. The van der Waals surface area contributed by atoms with Crippen LogP contribution in [0, 0.1) is 0 Å². The Bertz CT molecular complexity index is 1290. The molecule has 1 unspecified atom stereocenters. The molecule has 0 bridgehead atoms. The number of hydrogen-bond acceptors (Lipinski definition) is 6. The summed E-state index contributed by atoms with van der Waals surface area (Å²) < 4.78 is 16.8. The van der Waals surface area contributed by atoms with E-state index in [2.05, 4.69) is 87.6 Å². The average molecular weight is 964 g/mol. The molecule has 0 aromatic heterocycles. The molecule has 398 valence electrons. The van der Waals surface area contributed by atoms with Crippen LogP contribution in [0.2, 0.25) is 0 Å². The molecule has 6 nitrogen and oxygen atoms in total. The Balaban J connectivity index is 4.39. The molecule has 0 aromatic rings. The van der Waals surface area contributed by atoms with Gasteiger partial charge in [-0.1, -0.05) is 286 Å². The Morgan fingerprint density at radius 2 is 0.565 bits per heavy atom. The molecular weight excluding hydrogens is 853 g/mol. The van der Waals surface area contributed by atoms with Crippen LogP contribution in [0.4, 0.5) is 0 Å². The summed E-state index contributed by atoms with van der Waals surface area (Å²) in [6.07, 6.45) is 73.4. The Kier molecular flexibility index (Phi) is 54.8. The van der Waals surface area contributed by atoms with Gasteiger partial charge in [-0.2, -0.15) is 0 Å². The van der Waals surface area contributed by atoms with Crippen LogP contribution in [0.15, 0.2) is 72.9 Å². The van der Waals surface area contributed by atoms with Crippen molar-refractivity contribution in [1.82, 2.24) is 0 Å². The quantitative estimate of drug-likeness (QED) is 0.0262. The summed E-state index contributed by atoms with van der Waals surface area (Å²) in [6.45, 7) is 6.49. The highest BCUT2D eigenvalue weighted by atomic mass is 16.6. The molecule has 1 atom stereocenters. The summed E-state index contributed by atoms with van der Waals surface area (Å²) in [4.78, 5) is 38.1. The summed E-state index contributed by atoms with van der Waals surface area (Å²) >= 11 is 0. The van der Waals surface area contributed by atoms with Gasteiger partial charge in [0.1, 0.15) is 13.2 Å². The van der Waals surface area contributed by atoms with Gasteiger partial charge in [-0.05, 0) is 57.8 Å². The zero-order valence-electron chi connectivity index (χ0n) is 45.6. The average Bonchev–Trinajstić information content (AvgIpc) is 3.35. The Hall–Kier alpha value is -3.15. The third-order valence-corrected chi connectivity index (χ3v) is 12.7. The maximum atomic E-state index is 12.8. The van der Waals surface area contributed by atoms with Gasteiger partial charge < -0.3 is 14.2 Å². The number of carbonyl (C=O) groups is 3. The van der Waals surface area contributed by atoms with Gasteiger partial charge in [0.25, 0.3) is 0 Å². The SMILES string of the molecule is CC/C=C\C/C=C\C/C=C\C/C=C\C/C=C\C/C=C\CCC(=O)OC(COC(=O)CCCCCCCCCCCCC)COC(=O)CCCCCCCCCCCCCCCCCCCCCCC. The first-order valence-electron chi connectivity index (χ1n) is 29.4. The van der Waals surface area contributed by atoms with E-state index in [1.807, 2.05) is 6.08 Å². The van der Waals surface area contributed by atoms with Gasteiger partial charge in [-0.25, -0.2) is 0 Å². The van der Waals surface area contributed by atoms with Crippen molar-refractivity contribution in [3.8, 4) is 0 Å². The van der Waals surface area contributed by atoms with Crippen LogP contribution in [-0.2, 0) is 28.6 Å². The van der Waals surface area contributed by atoms with E-state index in [0.717, 1.165) is 77.0 Å². The van der Waals surface area contributed by atoms with E-state index in [1.165, 1.54) is 167 Å². The Morgan fingerprint density at radius 1 is 0.304 bits per heavy atom. The molecule has 0 aliphatic carbocycles. The highest BCUT2D eigenvalue weighted by molar-refractivity contribution is 5.71. The van der Waals surface area contributed by atoms with E-state index >= 15 is 0 Å². The highest BCUT2D eigenvalue weighted by Gasteiger charge is 2.19. The smallest absolute Gasteiger partial charge is 0.306 e.